The van der Waals surface area contributed by atoms with Crippen molar-refractivity contribution in [3.63, 3.8) is 0 Å². The van der Waals surface area contributed by atoms with Gasteiger partial charge in [-0.3, -0.25) is 0 Å². The molecule has 3 N–H and O–H groups in total. The fourth-order valence-corrected chi connectivity index (χ4v) is 2.25. The Kier molecular flexibility index (Phi) is 6.00. The number of aliphatic hydroxyl groups is 1. The molecule has 0 radical (unpaired) electrons. The van der Waals surface area contributed by atoms with Crippen molar-refractivity contribution in [1.82, 2.24) is 5.32 Å². The number of anilines is 1. The van der Waals surface area contributed by atoms with E-state index in [0.29, 0.717) is 24.4 Å². The van der Waals surface area contributed by atoms with Gasteiger partial charge in [0, 0.05) is 6.54 Å². The maximum absolute atomic E-state index is 12.0. The van der Waals surface area contributed by atoms with Gasteiger partial charge in [-0.05, 0) is 36.6 Å². The molecular formula is C18H22N2O3. The molecule has 0 aliphatic heterocycles. The van der Waals surface area contributed by atoms with Crippen LogP contribution in [0.3, 0.4) is 0 Å². The molecule has 0 spiro atoms. The summed E-state index contributed by atoms with van der Waals surface area (Å²) in [6.07, 6.45) is -0.146. The first-order valence-electron chi connectivity index (χ1n) is 7.52. The molecule has 0 aliphatic carbocycles. The van der Waals surface area contributed by atoms with E-state index < -0.39 is 6.10 Å². The van der Waals surface area contributed by atoms with E-state index >= 15 is 0 Å². The second kappa shape index (κ2) is 8.19. The van der Waals surface area contributed by atoms with Crippen molar-refractivity contribution in [2.45, 2.75) is 19.4 Å². The molecule has 5 nitrogen and oxygen atoms in total. The summed E-state index contributed by atoms with van der Waals surface area (Å²) in [5.74, 6) is 0.607. The van der Waals surface area contributed by atoms with Crippen molar-refractivity contribution in [2.75, 3.05) is 19.0 Å². The molecule has 0 aliphatic rings. The maximum atomic E-state index is 12.0. The number of benzene rings is 2. The van der Waals surface area contributed by atoms with E-state index in [1.807, 2.05) is 55.5 Å². The lowest BCUT2D eigenvalue weighted by Crippen LogP contribution is -2.30. The number of hydrogen-bond acceptors (Lipinski definition) is 3. The Morgan fingerprint density at radius 3 is 2.65 bits per heavy atom. The Hall–Kier alpha value is -2.53. The minimum Gasteiger partial charge on any atom is -0.495 e. The summed E-state index contributed by atoms with van der Waals surface area (Å²) in [7, 11) is 1.56. The molecule has 0 fully saturated rings. The van der Waals surface area contributed by atoms with Crippen LogP contribution in [0.1, 0.15) is 23.7 Å². The number of carbonyl (C=O) groups is 1. The van der Waals surface area contributed by atoms with Crippen LogP contribution in [-0.2, 0) is 0 Å². The van der Waals surface area contributed by atoms with E-state index in [9.17, 15) is 9.90 Å². The van der Waals surface area contributed by atoms with Crippen molar-refractivity contribution in [1.29, 1.82) is 0 Å². The average molecular weight is 314 g/mol. The van der Waals surface area contributed by atoms with E-state index in [-0.39, 0.29) is 6.03 Å². The van der Waals surface area contributed by atoms with Crippen LogP contribution in [-0.4, -0.2) is 24.8 Å². The van der Waals surface area contributed by atoms with Gasteiger partial charge in [0.05, 0.1) is 18.9 Å². The summed E-state index contributed by atoms with van der Waals surface area (Å²) in [5, 5.41) is 15.5. The predicted octanol–water partition coefficient (Wildman–Crippen LogP) is 3.25. The number of aliphatic hydroxyl groups excluding tert-OH is 1. The van der Waals surface area contributed by atoms with Gasteiger partial charge in [0.2, 0.25) is 0 Å². The van der Waals surface area contributed by atoms with E-state index in [4.69, 9.17) is 4.74 Å². The number of carbonyl (C=O) groups excluding carboxylic acids is 1. The summed E-state index contributed by atoms with van der Waals surface area (Å²) < 4.78 is 5.22. The van der Waals surface area contributed by atoms with Crippen molar-refractivity contribution in [2.24, 2.45) is 0 Å². The third-order valence-corrected chi connectivity index (χ3v) is 3.49. The quantitative estimate of drug-likeness (QED) is 0.766. The van der Waals surface area contributed by atoms with Crippen molar-refractivity contribution >= 4 is 11.7 Å². The van der Waals surface area contributed by atoms with Crippen LogP contribution < -0.4 is 15.4 Å². The van der Waals surface area contributed by atoms with Crippen LogP contribution in [0, 0.1) is 6.92 Å². The summed E-state index contributed by atoms with van der Waals surface area (Å²) in [5.41, 5.74) is 2.49. The van der Waals surface area contributed by atoms with Crippen LogP contribution in [0.5, 0.6) is 5.75 Å². The lowest BCUT2D eigenvalue weighted by atomic mass is 10.1. The second-order valence-electron chi connectivity index (χ2n) is 5.30. The van der Waals surface area contributed by atoms with E-state index in [1.165, 1.54) is 0 Å². The molecule has 0 bridgehead atoms. The van der Waals surface area contributed by atoms with Crippen LogP contribution in [0.4, 0.5) is 10.5 Å². The van der Waals surface area contributed by atoms with Gasteiger partial charge < -0.3 is 20.5 Å². The topological polar surface area (TPSA) is 70.6 Å². The van der Waals surface area contributed by atoms with Crippen LogP contribution in [0.15, 0.2) is 48.5 Å². The molecule has 2 rings (SSSR count). The lowest BCUT2D eigenvalue weighted by molar-refractivity contribution is 0.167. The number of rotatable bonds is 6. The standard InChI is InChI=1S/C18H22N2O3/c1-13-8-9-17(23-2)15(12-13)20-18(22)19-11-10-16(21)14-6-4-3-5-7-14/h3-9,12,16,21H,10-11H2,1-2H3,(H2,19,20,22). The number of hydrogen-bond donors (Lipinski definition) is 3. The highest BCUT2D eigenvalue weighted by atomic mass is 16.5. The van der Waals surface area contributed by atoms with Gasteiger partial charge in [0.1, 0.15) is 5.75 Å². The Morgan fingerprint density at radius 1 is 1.22 bits per heavy atom. The van der Waals surface area contributed by atoms with E-state index in [1.54, 1.807) is 7.11 Å². The van der Waals surface area contributed by atoms with Gasteiger partial charge in [0.25, 0.3) is 0 Å². The van der Waals surface area contributed by atoms with Crippen LogP contribution in [0.25, 0.3) is 0 Å². The Morgan fingerprint density at radius 2 is 1.96 bits per heavy atom. The molecule has 5 heteroatoms. The number of amides is 2. The third-order valence-electron chi connectivity index (χ3n) is 3.49. The Bertz CT molecular complexity index is 644. The van der Waals surface area contributed by atoms with E-state index in [0.717, 1.165) is 11.1 Å². The molecule has 23 heavy (non-hydrogen) atoms. The smallest absolute Gasteiger partial charge is 0.319 e. The van der Waals surface area contributed by atoms with Gasteiger partial charge in [-0.2, -0.15) is 0 Å². The fraction of sp³-hybridized carbons (Fsp3) is 0.278. The lowest BCUT2D eigenvalue weighted by Gasteiger charge is -2.14. The average Bonchev–Trinajstić information content (AvgIpc) is 2.56. The highest BCUT2D eigenvalue weighted by Crippen LogP contribution is 2.25. The van der Waals surface area contributed by atoms with E-state index in [2.05, 4.69) is 10.6 Å². The number of methoxy groups -OCH3 is 1. The summed E-state index contributed by atoms with van der Waals surface area (Å²) in [6.45, 7) is 2.31. The monoisotopic (exact) mass is 314 g/mol. The van der Waals surface area contributed by atoms with Gasteiger partial charge in [-0.1, -0.05) is 36.4 Å². The van der Waals surface area contributed by atoms with Crippen molar-refractivity contribution < 1.29 is 14.6 Å². The third kappa shape index (κ3) is 5.00. The molecule has 0 saturated heterocycles. The zero-order valence-corrected chi connectivity index (χ0v) is 13.4. The first kappa shape index (κ1) is 16.8. The molecule has 0 heterocycles. The fourth-order valence-electron chi connectivity index (χ4n) is 2.25. The van der Waals surface area contributed by atoms with Crippen molar-refractivity contribution in [3.05, 3.63) is 59.7 Å². The largest absolute Gasteiger partial charge is 0.495 e. The Balaban J connectivity index is 1.83. The number of aryl methyl sites for hydroxylation is 1. The summed E-state index contributed by atoms with van der Waals surface area (Å²) >= 11 is 0. The van der Waals surface area contributed by atoms with Gasteiger partial charge >= 0.3 is 6.03 Å². The van der Waals surface area contributed by atoms with Crippen LogP contribution in [0.2, 0.25) is 0 Å². The van der Waals surface area contributed by atoms with Crippen LogP contribution >= 0.6 is 0 Å². The molecule has 122 valence electrons. The SMILES string of the molecule is COc1ccc(C)cc1NC(=O)NCCC(O)c1ccccc1. The zero-order chi connectivity index (χ0) is 16.7. The normalized spacial score (nSPS) is 11.6. The molecule has 1 unspecified atom stereocenters. The molecule has 2 aromatic carbocycles. The predicted molar refractivity (Wildman–Crippen MR) is 90.8 cm³/mol. The molecular weight excluding hydrogens is 292 g/mol. The van der Waals surface area contributed by atoms with Crippen molar-refractivity contribution in [3.8, 4) is 5.75 Å². The maximum Gasteiger partial charge on any atom is 0.319 e. The van der Waals surface area contributed by atoms with Gasteiger partial charge in [-0.25, -0.2) is 4.79 Å². The first-order valence-corrected chi connectivity index (χ1v) is 7.52. The van der Waals surface area contributed by atoms with Gasteiger partial charge in [-0.15, -0.1) is 0 Å². The minimum absolute atomic E-state index is 0.325. The number of urea groups is 1. The summed E-state index contributed by atoms with van der Waals surface area (Å²) in [4.78, 5) is 12.0. The molecule has 2 aromatic rings. The highest BCUT2D eigenvalue weighted by Gasteiger charge is 2.10. The minimum atomic E-state index is -0.593. The molecule has 0 aromatic heterocycles. The highest BCUT2D eigenvalue weighted by molar-refractivity contribution is 5.91. The Labute approximate surface area is 136 Å². The number of ether oxygens (including phenoxy) is 1. The summed E-state index contributed by atoms with van der Waals surface area (Å²) in [6, 6.07) is 14.6. The van der Waals surface area contributed by atoms with Gasteiger partial charge in [0.15, 0.2) is 0 Å². The molecule has 0 saturated carbocycles. The second-order valence-corrected chi connectivity index (χ2v) is 5.30. The first-order chi connectivity index (χ1) is 11.1. The molecule has 1 atom stereocenters. The molecule has 2 amide bonds. The zero-order valence-electron chi connectivity index (χ0n) is 13.4. The number of nitrogens with one attached hydrogen (secondary N) is 2.